The van der Waals surface area contributed by atoms with Crippen LogP contribution in [0.5, 0.6) is 11.5 Å². The monoisotopic (exact) mass is 455 g/mol. The van der Waals surface area contributed by atoms with Gasteiger partial charge in [-0.15, -0.1) is 22.7 Å². The third-order valence-electron chi connectivity index (χ3n) is 4.39. The topological polar surface area (TPSA) is 73.3 Å². The second kappa shape index (κ2) is 9.23. The van der Waals surface area contributed by atoms with Gasteiger partial charge >= 0.3 is 0 Å². The molecule has 1 N–H and O–H groups in total. The normalized spacial score (nSPS) is 10.7. The van der Waals surface area contributed by atoms with Gasteiger partial charge in [-0.3, -0.25) is 4.79 Å². The molecule has 2 heterocycles. The van der Waals surface area contributed by atoms with Crippen molar-refractivity contribution in [2.45, 2.75) is 6.42 Å². The maximum Gasteiger partial charge on any atom is 0.232 e. The Kier molecular flexibility index (Phi) is 6.24. The van der Waals surface area contributed by atoms with E-state index in [-0.39, 0.29) is 18.1 Å². The summed E-state index contributed by atoms with van der Waals surface area (Å²) in [6.45, 7) is 0. The minimum absolute atomic E-state index is 0.124. The Morgan fingerprint density at radius 2 is 1.84 bits per heavy atom. The van der Waals surface area contributed by atoms with Crippen LogP contribution in [0, 0.1) is 5.82 Å². The van der Waals surface area contributed by atoms with E-state index < -0.39 is 0 Å². The first-order valence-corrected chi connectivity index (χ1v) is 11.0. The number of hydrogen-bond donors (Lipinski definition) is 1. The fourth-order valence-electron chi connectivity index (χ4n) is 2.93. The molecular weight excluding hydrogens is 437 g/mol. The fraction of sp³-hybridized carbons (Fsp3) is 0.136. The van der Waals surface area contributed by atoms with Gasteiger partial charge in [0, 0.05) is 21.9 Å². The molecule has 31 heavy (non-hydrogen) atoms. The average molecular weight is 456 g/mol. The molecule has 0 fully saturated rings. The molecule has 2 aromatic heterocycles. The number of nitrogens with one attached hydrogen (secondary N) is 1. The summed E-state index contributed by atoms with van der Waals surface area (Å²) in [5.74, 6) is 0.713. The van der Waals surface area contributed by atoms with Crippen molar-refractivity contribution in [3.8, 4) is 33.3 Å². The molecule has 4 aromatic rings. The lowest BCUT2D eigenvalue weighted by Crippen LogP contribution is -2.14. The molecule has 0 saturated heterocycles. The number of benzene rings is 2. The zero-order chi connectivity index (χ0) is 21.8. The predicted molar refractivity (Wildman–Crippen MR) is 120 cm³/mol. The summed E-state index contributed by atoms with van der Waals surface area (Å²) in [5, 5.41) is 7.65. The first-order chi connectivity index (χ1) is 15.1. The Bertz CT molecular complexity index is 1220. The van der Waals surface area contributed by atoms with E-state index >= 15 is 0 Å². The number of rotatable bonds is 7. The van der Waals surface area contributed by atoms with Crippen LogP contribution in [0.2, 0.25) is 0 Å². The number of methoxy groups -OCH3 is 2. The van der Waals surface area contributed by atoms with Gasteiger partial charge < -0.3 is 14.8 Å². The van der Waals surface area contributed by atoms with Gasteiger partial charge in [0.15, 0.2) is 16.6 Å². The van der Waals surface area contributed by atoms with Crippen molar-refractivity contribution >= 4 is 33.7 Å². The first kappa shape index (κ1) is 21.0. The van der Waals surface area contributed by atoms with Crippen molar-refractivity contribution in [2.24, 2.45) is 0 Å². The second-order valence-electron chi connectivity index (χ2n) is 6.49. The van der Waals surface area contributed by atoms with Crippen LogP contribution in [0.1, 0.15) is 5.69 Å². The molecular formula is C22H18FN3O3S2. The molecule has 0 radical (unpaired) electrons. The zero-order valence-corrected chi connectivity index (χ0v) is 18.3. The number of ether oxygens (including phenoxy) is 2. The number of aromatic nitrogens is 2. The molecule has 0 aliphatic heterocycles. The molecule has 0 atom stereocenters. The van der Waals surface area contributed by atoms with E-state index in [1.54, 1.807) is 31.7 Å². The molecule has 158 valence electrons. The van der Waals surface area contributed by atoms with Gasteiger partial charge in [-0.2, -0.15) is 0 Å². The minimum Gasteiger partial charge on any atom is -0.493 e. The van der Waals surface area contributed by atoms with Crippen LogP contribution in [0.15, 0.2) is 53.2 Å². The van der Waals surface area contributed by atoms with Crippen molar-refractivity contribution in [3.05, 3.63) is 64.7 Å². The highest BCUT2D eigenvalue weighted by molar-refractivity contribution is 7.14. The molecule has 0 saturated carbocycles. The summed E-state index contributed by atoms with van der Waals surface area (Å²) in [4.78, 5) is 21.4. The number of amides is 1. The van der Waals surface area contributed by atoms with Gasteiger partial charge in [0.2, 0.25) is 5.91 Å². The van der Waals surface area contributed by atoms with Crippen molar-refractivity contribution in [2.75, 3.05) is 19.5 Å². The Balaban J connectivity index is 1.42. The quantitative estimate of drug-likeness (QED) is 0.411. The minimum atomic E-state index is -0.329. The number of halogens is 1. The molecule has 0 unspecified atom stereocenters. The second-order valence-corrected chi connectivity index (χ2v) is 8.20. The molecule has 0 aliphatic carbocycles. The van der Waals surface area contributed by atoms with Crippen molar-refractivity contribution in [1.29, 1.82) is 0 Å². The van der Waals surface area contributed by atoms with E-state index in [4.69, 9.17) is 9.47 Å². The molecule has 1 amide bonds. The highest BCUT2D eigenvalue weighted by atomic mass is 32.1. The summed E-state index contributed by atoms with van der Waals surface area (Å²) in [6, 6.07) is 11.8. The van der Waals surface area contributed by atoms with Gasteiger partial charge in [0.1, 0.15) is 10.8 Å². The maximum atomic E-state index is 13.4. The third-order valence-corrected chi connectivity index (χ3v) is 6.09. The van der Waals surface area contributed by atoms with Crippen LogP contribution in [0.4, 0.5) is 9.52 Å². The van der Waals surface area contributed by atoms with Crippen LogP contribution in [0.3, 0.4) is 0 Å². The number of anilines is 1. The van der Waals surface area contributed by atoms with E-state index in [0.717, 1.165) is 10.6 Å². The lowest BCUT2D eigenvalue weighted by molar-refractivity contribution is -0.115. The first-order valence-electron chi connectivity index (χ1n) is 9.24. The largest absolute Gasteiger partial charge is 0.493 e. The van der Waals surface area contributed by atoms with E-state index in [1.165, 1.54) is 34.8 Å². The molecule has 6 nitrogen and oxygen atoms in total. The molecule has 9 heteroatoms. The number of hydrogen-bond acceptors (Lipinski definition) is 7. The van der Waals surface area contributed by atoms with E-state index in [2.05, 4.69) is 15.3 Å². The van der Waals surface area contributed by atoms with Gasteiger partial charge in [0.05, 0.1) is 32.0 Å². The molecule has 4 rings (SSSR count). The Labute approximate surface area is 186 Å². The summed E-state index contributed by atoms with van der Waals surface area (Å²) >= 11 is 2.74. The molecule has 0 aliphatic rings. The maximum absolute atomic E-state index is 13.4. The summed E-state index contributed by atoms with van der Waals surface area (Å²) < 4.78 is 24.0. The van der Waals surface area contributed by atoms with Crippen LogP contribution in [-0.4, -0.2) is 30.1 Å². The van der Waals surface area contributed by atoms with Gasteiger partial charge in [-0.1, -0.05) is 12.1 Å². The predicted octanol–water partition coefficient (Wildman–Crippen LogP) is 5.27. The van der Waals surface area contributed by atoms with Crippen LogP contribution < -0.4 is 14.8 Å². The lowest BCUT2D eigenvalue weighted by atomic mass is 10.2. The number of nitrogens with zero attached hydrogens (tertiary/aromatic N) is 2. The van der Waals surface area contributed by atoms with Crippen molar-refractivity contribution in [1.82, 2.24) is 9.97 Å². The average Bonchev–Trinajstić information content (AvgIpc) is 3.43. The number of thiazole rings is 2. The lowest BCUT2D eigenvalue weighted by Gasteiger charge is -2.08. The molecule has 0 spiro atoms. The summed E-state index contributed by atoms with van der Waals surface area (Å²) in [7, 11) is 3.17. The summed E-state index contributed by atoms with van der Waals surface area (Å²) in [6.07, 6.45) is 0.124. The van der Waals surface area contributed by atoms with Gasteiger partial charge in [-0.25, -0.2) is 14.4 Å². The summed E-state index contributed by atoms with van der Waals surface area (Å²) in [5.41, 5.74) is 2.82. The standard InChI is InChI=1S/C22H18FN3O3S2/c1-28-18-7-6-14(9-19(18)29-2)21-24-16(11-30-21)10-20(27)26-22-25-17(12-31-22)13-4-3-5-15(23)8-13/h3-9,11-12H,10H2,1-2H3,(H,25,26,27). The Hall–Kier alpha value is -3.30. The van der Waals surface area contributed by atoms with Crippen LogP contribution >= 0.6 is 22.7 Å². The van der Waals surface area contributed by atoms with Crippen molar-refractivity contribution in [3.63, 3.8) is 0 Å². The Morgan fingerprint density at radius 1 is 1.00 bits per heavy atom. The fourth-order valence-corrected chi connectivity index (χ4v) is 4.48. The van der Waals surface area contributed by atoms with E-state index in [0.29, 0.717) is 33.6 Å². The third kappa shape index (κ3) is 4.89. The molecule has 0 bridgehead atoms. The van der Waals surface area contributed by atoms with E-state index in [9.17, 15) is 9.18 Å². The van der Waals surface area contributed by atoms with Crippen LogP contribution in [0.25, 0.3) is 21.8 Å². The van der Waals surface area contributed by atoms with Gasteiger partial charge in [-0.05, 0) is 30.3 Å². The number of carbonyl (C=O) groups excluding carboxylic acids is 1. The van der Waals surface area contributed by atoms with Crippen molar-refractivity contribution < 1.29 is 18.7 Å². The highest BCUT2D eigenvalue weighted by Crippen LogP contribution is 2.33. The Morgan fingerprint density at radius 3 is 2.61 bits per heavy atom. The van der Waals surface area contributed by atoms with Gasteiger partial charge in [0.25, 0.3) is 0 Å². The number of carbonyl (C=O) groups is 1. The SMILES string of the molecule is COc1ccc(-c2nc(CC(=O)Nc3nc(-c4cccc(F)c4)cs3)cs2)cc1OC. The van der Waals surface area contributed by atoms with E-state index in [1.807, 2.05) is 23.6 Å². The van der Waals surface area contributed by atoms with Crippen LogP contribution in [-0.2, 0) is 11.2 Å². The highest BCUT2D eigenvalue weighted by Gasteiger charge is 2.13. The molecule has 2 aromatic carbocycles. The zero-order valence-electron chi connectivity index (χ0n) is 16.7. The smallest absolute Gasteiger partial charge is 0.232 e.